The summed E-state index contributed by atoms with van der Waals surface area (Å²) in [5, 5.41) is 3.55. The predicted octanol–water partition coefficient (Wildman–Crippen LogP) is 5.21. The molecule has 1 aromatic heterocycles. The first-order valence-corrected chi connectivity index (χ1v) is 10.1. The number of pyridine rings is 1. The lowest BCUT2D eigenvalue weighted by Crippen LogP contribution is -2.43. The zero-order valence-electron chi connectivity index (χ0n) is 13.5. The van der Waals surface area contributed by atoms with Gasteiger partial charge in [-0.05, 0) is 54.5 Å². The van der Waals surface area contributed by atoms with Crippen LogP contribution < -0.4 is 9.74 Å². The number of hydrogen-bond donors (Lipinski definition) is 1. The van der Waals surface area contributed by atoms with Gasteiger partial charge in [-0.25, -0.2) is 0 Å². The summed E-state index contributed by atoms with van der Waals surface area (Å²) < 4.78 is 6.27. The summed E-state index contributed by atoms with van der Waals surface area (Å²) in [6, 6.07) is 12.0. The molecule has 0 aliphatic rings. The molecular formula is C17H24N2OSi. The van der Waals surface area contributed by atoms with Crippen molar-refractivity contribution in [2.24, 2.45) is 0 Å². The third-order valence-corrected chi connectivity index (χ3v) is 8.36. The smallest absolute Gasteiger partial charge is 0.250 e. The fourth-order valence-electron chi connectivity index (χ4n) is 1.66. The predicted molar refractivity (Wildman–Crippen MR) is 91.8 cm³/mol. The van der Waals surface area contributed by atoms with Crippen molar-refractivity contribution in [3.05, 3.63) is 48.8 Å². The van der Waals surface area contributed by atoms with E-state index in [0.717, 1.165) is 17.1 Å². The standard InChI is InChI=1S/C17H24N2OSi/c1-17(2,3)21(4,5)20-16-8-6-14(7-9-16)19-15-10-12-18-13-11-15/h6-13H,1-5H3,(H,18,19). The molecule has 0 bridgehead atoms. The number of rotatable bonds is 4. The van der Waals surface area contributed by atoms with Gasteiger partial charge in [-0.1, -0.05) is 20.8 Å². The van der Waals surface area contributed by atoms with Crippen LogP contribution in [0.4, 0.5) is 11.4 Å². The summed E-state index contributed by atoms with van der Waals surface area (Å²) in [6.07, 6.45) is 3.55. The highest BCUT2D eigenvalue weighted by Crippen LogP contribution is 2.37. The van der Waals surface area contributed by atoms with Gasteiger partial charge in [0.2, 0.25) is 8.32 Å². The molecule has 1 N–H and O–H groups in total. The molecule has 0 unspecified atom stereocenters. The quantitative estimate of drug-likeness (QED) is 0.787. The summed E-state index contributed by atoms with van der Waals surface area (Å²) in [6.45, 7) is 11.3. The number of aromatic nitrogens is 1. The van der Waals surface area contributed by atoms with Crippen molar-refractivity contribution in [3.63, 3.8) is 0 Å². The zero-order chi connectivity index (χ0) is 15.5. The SMILES string of the molecule is CC(C)(C)[Si](C)(C)Oc1ccc(Nc2ccncc2)cc1. The topological polar surface area (TPSA) is 34.1 Å². The van der Waals surface area contributed by atoms with E-state index in [-0.39, 0.29) is 5.04 Å². The summed E-state index contributed by atoms with van der Waals surface area (Å²) in [7, 11) is -1.77. The molecule has 21 heavy (non-hydrogen) atoms. The van der Waals surface area contributed by atoms with E-state index >= 15 is 0 Å². The van der Waals surface area contributed by atoms with Crippen LogP contribution in [0.3, 0.4) is 0 Å². The Labute approximate surface area is 128 Å². The Morgan fingerprint density at radius 2 is 1.43 bits per heavy atom. The molecule has 0 spiro atoms. The van der Waals surface area contributed by atoms with Crippen molar-refractivity contribution in [2.45, 2.75) is 38.9 Å². The summed E-state index contributed by atoms with van der Waals surface area (Å²) in [5.41, 5.74) is 2.08. The molecule has 0 fully saturated rings. The molecule has 0 amide bonds. The molecule has 0 aliphatic heterocycles. The van der Waals surface area contributed by atoms with Crippen LogP contribution in [0.5, 0.6) is 5.75 Å². The Morgan fingerprint density at radius 1 is 0.905 bits per heavy atom. The molecule has 2 rings (SSSR count). The van der Waals surface area contributed by atoms with Crippen LogP contribution in [-0.2, 0) is 0 Å². The number of hydrogen-bond acceptors (Lipinski definition) is 3. The van der Waals surface area contributed by atoms with Gasteiger partial charge in [0.1, 0.15) is 5.75 Å². The van der Waals surface area contributed by atoms with Gasteiger partial charge in [0.25, 0.3) is 0 Å². The Bertz CT molecular complexity index is 574. The van der Waals surface area contributed by atoms with Crippen molar-refractivity contribution in [3.8, 4) is 5.75 Å². The molecule has 1 heterocycles. The van der Waals surface area contributed by atoms with Crippen LogP contribution in [-0.4, -0.2) is 13.3 Å². The van der Waals surface area contributed by atoms with E-state index in [2.05, 4.69) is 44.2 Å². The number of nitrogens with zero attached hydrogens (tertiary/aromatic N) is 1. The summed E-state index contributed by atoms with van der Waals surface area (Å²) >= 11 is 0. The summed E-state index contributed by atoms with van der Waals surface area (Å²) in [5.74, 6) is 0.946. The molecule has 0 aliphatic carbocycles. The van der Waals surface area contributed by atoms with E-state index in [1.165, 1.54) is 0 Å². The van der Waals surface area contributed by atoms with Crippen molar-refractivity contribution in [1.29, 1.82) is 0 Å². The molecule has 0 atom stereocenters. The zero-order valence-corrected chi connectivity index (χ0v) is 14.5. The second-order valence-electron chi connectivity index (χ2n) is 6.75. The van der Waals surface area contributed by atoms with Gasteiger partial charge in [0.05, 0.1) is 0 Å². The van der Waals surface area contributed by atoms with Crippen molar-refractivity contribution < 1.29 is 4.43 Å². The van der Waals surface area contributed by atoms with Gasteiger partial charge in [0, 0.05) is 23.8 Å². The lowest BCUT2D eigenvalue weighted by molar-refractivity contribution is 0.492. The van der Waals surface area contributed by atoms with Crippen molar-refractivity contribution in [1.82, 2.24) is 4.98 Å². The fourth-order valence-corrected chi connectivity index (χ4v) is 2.69. The minimum absolute atomic E-state index is 0.209. The molecule has 4 heteroatoms. The maximum Gasteiger partial charge on any atom is 0.250 e. The van der Waals surface area contributed by atoms with E-state index in [1.54, 1.807) is 12.4 Å². The van der Waals surface area contributed by atoms with Crippen molar-refractivity contribution in [2.75, 3.05) is 5.32 Å². The highest BCUT2D eigenvalue weighted by Gasteiger charge is 2.38. The van der Waals surface area contributed by atoms with Gasteiger partial charge < -0.3 is 9.74 Å². The van der Waals surface area contributed by atoms with Crippen LogP contribution in [0.25, 0.3) is 0 Å². The highest BCUT2D eigenvalue weighted by molar-refractivity contribution is 6.74. The molecule has 3 nitrogen and oxygen atoms in total. The van der Waals surface area contributed by atoms with E-state index < -0.39 is 8.32 Å². The number of benzene rings is 1. The minimum atomic E-state index is -1.77. The van der Waals surface area contributed by atoms with Crippen LogP contribution in [0, 0.1) is 0 Å². The molecular weight excluding hydrogens is 276 g/mol. The second-order valence-corrected chi connectivity index (χ2v) is 11.5. The maximum atomic E-state index is 6.27. The van der Waals surface area contributed by atoms with Crippen LogP contribution in [0.15, 0.2) is 48.8 Å². The van der Waals surface area contributed by atoms with Crippen molar-refractivity contribution >= 4 is 19.7 Å². The first-order chi connectivity index (χ1) is 9.78. The molecule has 112 valence electrons. The van der Waals surface area contributed by atoms with E-state index in [9.17, 15) is 0 Å². The molecule has 0 saturated carbocycles. The summed E-state index contributed by atoms with van der Waals surface area (Å²) in [4.78, 5) is 4.01. The van der Waals surface area contributed by atoms with Gasteiger partial charge in [-0.2, -0.15) is 0 Å². The lowest BCUT2D eigenvalue weighted by Gasteiger charge is -2.36. The number of anilines is 2. The third-order valence-electron chi connectivity index (χ3n) is 4.00. The molecule has 1 aromatic carbocycles. The third kappa shape index (κ3) is 4.08. The van der Waals surface area contributed by atoms with E-state index in [0.29, 0.717) is 0 Å². The van der Waals surface area contributed by atoms with Gasteiger partial charge >= 0.3 is 0 Å². The largest absolute Gasteiger partial charge is 0.544 e. The molecule has 2 aromatic rings. The van der Waals surface area contributed by atoms with Crippen LogP contribution >= 0.6 is 0 Å². The maximum absolute atomic E-state index is 6.27. The Morgan fingerprint density at radius 3 is 1.95 bits per heavy atom. The molecule has 0 saturated heterocycles. The Hall–Kier alpha value is -1.81. The average molecular weight is 300 g/mol. The van der Waals surface area contributed by atoms with Gasteiger partial charge in [0.15, 0.2) is 0 Å². The number of nitrogens with one attached hydrogen (secondary N) is 1. The highest BCUT2D eigenvalue weighted by atomic mass is 28.4. The normalized spacial score (nSPS) is 12.0. The van der Waals surface area contributed by atoms with Crippen LogP contribution in [0.1, 0.15) is 20.8 Å². The Kier molecular flexibility index (Phi) is 4.37. The second kappa shape index (κ2) is 5.90. The average Bonchev–Trinajstić information content (AvgIpc) is 2.41. The van der Waals surface area contributed by atoms with Crippen LogP contribution in [0.2, 0.25) is 18.1 Å². The monoisotopic (exact) mass is 300 g/mol. The van der Waals surface area contributed by atoms with Gasteiger partial charge in [-0.3, -0.25) is 4.98 Å². The lowest BCUT2D eigenvalue weighted by atomic mass is 10.2. The molecule has 0 radical (unpaired) electrons. The minimum Gasteiger partial charge on any atom is -0.544 e. The van der Waals surface area contributed by atoms with E-state index in [4.69, 9.17) is 4.43 Å². The van der Waals surface area contributed by atoms with E-state index in [1.807, 2.05) is 36.4 Å². The Balaban J connectivity index is 2.06. The first kappa shape index (κ1) is 15.6. The fraction of sp³-hybridized carbons (Fsp3) is 0.353. The van der Waals surface area contributed by atoms with Gasteiger partial charge in [-0.15, -0.1) is 0 Å². The first-order valence-electron chi connectivity index (χ1n) is 7.24.